The van der Waals surface area contributed by atoms with Gasteiger partial charge in [-0.05, 0) is 79.3 Å². The second kappa shape index (κ2) is 14.5. The molecule has 266 valence electrons. The zero-order chi connectivity index (χ0) is 35.8. The third kappa shape index (κ3) is 6.89. The van der Waals surface area contributed by atoms with Gasteiger partial charge in [0.05, 0.1) is 10.6 Å². The van der Waals surface area contributed by atoms with E-state index < -0.39 is 12.0 Å². The molecule has 0 radical (unpaired) electrons. The third-order valence-electron chi connectivity index (χ3n) is 10.5. The van der Waals surface area contributed by atoms with Gasteiger partial charge in [0.1, 0.15) is 42.3 Å². The van der Waals surface area contributed by atoms with Gasteiger partial charge in [0.25, 0.3) is 6.01 Å². The predicted octanol–water partition coefficient (Wildman–Crippen LogP) is 6.87. The quantitative estimate of drug-likeness (QED) is 0.148. The summed E-state index contributed by atoms with van der Waals surface area (Å²) in [5.74, 6) is 0.146. The van der Waals surface area contributed by atoms with Crippen LogP contribution in [0.25, 0.3) is 22.2 Å². The van der Waals surface area contributed by atoms with Crippen molar-refractivity contribution in [3.63, 3.8) is 0 Å². The Bertz CT molecular complexity index is 2180. The second-order valence-electron chi connectivity index (χ2n) is 13.9. The van der Waals surface area contributed by atoms with Gasteiger partial charge in [0, 0.05) is 61.3 Å². The Morgan fingerprint density at radius 3 is 2.79 bits per heavy atom. The Labute approximate surface area is 306 Å². The first-order valence-electron chi connectivity index (χ1n) is 17.7. The highest BCUT2D eigenvalue weighted by atomic mass is 35.5. The summed E-state index contributed by atoms with van der Waals surface area (Å²) in [6, 6.07) is 20.8. The van der Waals surface area contributed by atoms with Crippen LogP contribution in [0.4, 0.5) is 6.01 Å². The summed E-state index contributed by atoms with van der Waals surface area (Å²) in [5.41, 5.74) is 7.73. The predicted molar refractivity (Wildman–Crippen MR) is 196 cm³/mol. The molecule has 2 N–H and O–H groups in total. The van der Waals surface area contributed by atoms with Gasteiger partial charge in [-0.3, -0.25) is 14.7 Å². The summed E-state index contributed by atoms with van der Waals surface area (Å²) in [7, 11) is 0. The number of likely N-dealkylation sites (tertiary alicyclic amines) is 1. The molecule has 3 atom stereocenters. The zero-order valence-electron chi connectivity index (χ0n) is 28.8. The molecule has 3 aliphatic rings. The number of nitrogens with zero attached hydrogens (tertiary/aromatic N) is 5. The number of nitriles is 1. The first kappa shape index (κ1) is 34.0. The maximum Gasteiger partial charge on any atom is 0.320 e. The molecule has 3 fully saturated rings. The van der Waals surface area contributed by atoms with E-state index in [1.165, 1.54) is 6.20 Å². The molecule has 3 saturated heterocycles. The Morgan fingerprint density at radius 1 is 1.10 bits per heavy atom. The zero-order valence-corrected chi connectivity index (χ0v) is 29.6. The number of oxazole rings is 1. The van der Waals surface area contributed by atoms with E-state index in [4.69, 9.17) is 30.5 Å². The summed E-state index contributed by atoms with van der Waals surface area (Å²) in [6.07, 6.45) is 6.68. The van der Waals surface area contributed by atoms with Gasteiger partial charge in [-0.1, -0.05) is 42.3 Å². The van der Waals surface area contributed by atoms with Crippen molar-refractivity contribution in [2.75, 3.05) is 24.5 Å². The van der Waals surface area contributed by atoms with Crippen LogP contribution in [0.5, 0.6) is 11.5 Å². The number of piperazine rings is 1. The van der Waals surface area contributed by atoms with Gasteiger partial charge >= 0.3 is 5.97 Å². The normalized spacial score (nSPS) is 19.9. The van der Waals surface area contributed by atoms with Crippen molar-refractivity contribution in [1.82, 2.24) is 20.2 Å². The van der Waals surface area contributed by atoms with Crippen molar-refractivity contribution < 1.29 is 23.8 Å². The van der Waals surface area contributed by atoms with Gasteiger partial charge in [0.15, 0.2) is 5.58 Å². The van der Waals surface area contributed by atoms with Crippen molar-refractivity contribution >= 4 is 34.7 Å². The van der Waals surface area contributed by atoms with Crippen LogP contribution >= 0.6 is 11.6 Å². The number of pyridine rings is 1. The average Bonchev–Trinajstić information content (AvgIpc) is 3.91. The number of carboxylic acids is 1. The maximum atomic E-state index is 12.1. The molecule has 0 amide bonds. The van der Waals surface area contributed by atoms with Gasteiger partial charge in [-0.15, -0.1) is 0 Å². The number of anilines is 1. The van der Waals surface area contributed by atoms with Crippen LogP contribution in [0.2, 0.25) is 5.02 Å². The van der Waals surface area contributed by atoms with Crippen LogP contribution in [0.15, 0.2) is 71.4 Å². The number of hydrogen-bond acceptors (Lipinski definition) is 10. The number of rotatable bonds is 11. The van der Waals surface area contributed by atoms with Crippen molar-refractivity contribution in [2.45, 2.75) is 70.5 Å². The van der Waals surface area contributed by atoms with Gasteiger partial charge in [-0.2, -0.15) is 10.2 Å². The maximum absolute atomic E-state index is 12.1. The van der Waals surface area contributed by atoms with E-state index in [2.05, 4.69) is 46.4 Å². The molecule has 2 aromatic heterocycles. The number of hydrogen-bond donors (Lipinski definition) is 2. The number of carbonyl (C=O) groups is 1. The van der Waals surface area contributed by atoms with Gasteiger partial charge < -0.3 is 29.2 Å². The molecule has 0 aliphatic carbocycles. The number of nitrogens with one attached hydrogen (secondary N) is 1. The molecule has 2 bridgehead atoms. The summed E-state index contributed by atoms with van der Waals surface area (Å²) >= 11 is 6.85. The molecular formula is C40H39ClN6O5. The lowest BCUT2D eigenvalue weighted by Crippen LogP contribution is -2.44. The van der Waals surface area contributed by atoms with Crippen LogP contribution in [-0.2, 0) is 24.6 Å². The summed E-state index contributed by atoms with van der Waals surface area (Å²) < 4.78 is 18.9. The summed E-state index contributed by atoms with van der Waals surface area (Å²) in [5, 5.41) is 23.2. The molecule has 0 saturated carbocycles. The summed E-state index contributed by atoms with van der Waals surface area (Å²) in [6.45, 7) is 5.42. The molecule has 0 spiro atoms. The van der Waals surface area contributed by atoms with Crippen molar-refractivity contribution in [3.8, 4) is 28.7 Å². The van der Waals surface area contributed by atoms with E-state index in [9.17, 15) is 15.2 Å². The largest absolute Gasteiger partial charge is 0.488 e. The molecule has 8 rings (SSSR count). The number of carboxylic acid groups (broad SMARTS) is 1. The fraction of sp³-hybridized carbons (Fsp3) is 0.350. The third-order valence-corrected chi connectivity index (χ3v) is 10.8. The lowest BCUT2D eigenvalue weighted by atomic mass is 9.96. The van der Waals surface area contributed by atoms with Crippen LogP contribution < -0.4 is 19.7 Å². The number of benzene rings is 3. The Balaban J connectivity index is 1.03. The van der Waals surface area contributed by atoms with E-state index in [0.717, 1.165) is 76.8 Å². The smallest absolute Gasteiger partial charge is 0.320 e. The molecule has 3 aliphatic heterocycles. The minimum atomic E-state index is -0.831. The molecule has 5 aromatic rings. The molecule has 12 heteroatoms. The summed E-state index contributed by atoms with van der Waals surface area (Å²) in [4.78, 5) is 25.3. The average molecular weight is 719 g/mol. The highest BCUT2D eigenvalue weighted by Gasteiger charge is 2.39. The Kier molecular flexibility index (Phi) is 9.45. The highest BCUT2D eigenvalue weighted by Crippen LogP contribution is 2.37. The van der Waals surface area contributed by atoms with E-state index in [-0.39, 0.29) is 13.2 Å². The van der Waals surface area contributed by atoms with Crippen LogP contribution in [0.3, 0.4) is 0 Å². The minimum Gasteiger partial charge on any atom is -0.488 e. The Hall–Kier alpha value is -5.15. The number of halogens is 1. The molecular weight excluding hydrogens is 680 g/mol. The molecule has 5 heterocycles. The second-order valence-corrected chi connectivity index (χ2v) is 14.3. The van der Waals surface area contributed by atoms with E-state index >= 15 is 0 Å². The van der Waals surface area contributed by atoms with Crippen molar-refractivity contribution in [2.24, 2.45) is 0 Å². The number of ether oxygens (including phenoxy) is 2. The number of fused-ring (bicyclic) bond motifs is 3. The molecule has 3 aromatic carbocycles. The van der Waals surface area contributed by atoms with E-state index in [0.29, 0.717) is 59.7 Å². The SMILES string of the molecule is Cc1c(COc2cc(OCc3cncc(C#N)c3)c(CN3CCCC[C@H]3C(=O)O)cc2Cl)cccc1-c1ccc2oc(N3C[C@@H]4C[C@H]3CN4)nc2c1. The van der Waals surface area contributed by atoms with Gasteiger partial charge in [0.2, 0.25) is 0 Å². The molecule has 52 heavy (non-hydrogen) atoms. The number of piperidine rings is 1. The lowest BCUT2D eigenvalue weighted by molar-refractivity contribution is -0.144. The highest BCUT2D eigenvalue weighted by molar-refractivity contribution is 6.32. The van der Waals surface area contributed by atoms with E-state index in [1.807, 2.05) is 23.1 Å². The minimum absolute atomic E-state index is 0.161. The van der Waals surface area contributed by atoms with Crippen LogP contribution in [0, 0.1) is 18.3 Å². The van der Waals surface area contributed by atoms with Crippen molar-refractivity contribution in [1.29, 1.82) is 5.26 Å². The fourth-order valence-electron chi connectivity index (χ4n) is 7.72. The Morgan fingerprint density at radius 2 is 1.98 bits per heavy atom. The topological polar surface area (TPSA) is 137 Å². The van der Waals surface area contributed by atoms with Crippen LogP contribution in [-0.4, -0.2) is 63.7 Å². The van der Waals surface area contributed by atoms with Crippen molar-refractivity contribution in [3.05, 3.63) is 99.8 Å². The number of aliphatic carboxylic acids is 1. The fourth-order valence-corrected chi connectivity index (χ4v) is 7.96. The van der Waals surface area contributed by atoms with Gasteiger partial charge in [-0.25, -0.2) is 0 Å². The number of aromatic nitrogens is 2. The van der Waals surface area contributed by atoms with Crippen LogP contribution in [0.1, 0.15) is 53.5 Å². The molecule has 0 unspecified atom stereocenters. The first-order valence-corrected chi connectivity index (χ1v) is 18.1. The van der Waals surface area contributed by atoms with E-state index in [1.54, 1.807) is 24.4 Å². The monoisotopic (exact) mass is 718 g/mol. The first-order chi connectivity index (χ1) is 25.3. The molecule has 11 nitrogen and oxygen atoms in total. The standard InChI is InChI=1S/C40H39ClN6O5/c1-24-28(5-4-6-32(24)27-8-9-36-34(13-27)45-40(52-36)47-21-30-14-31(47)19-44-30)23-51-38-15-37(50-22-26-11-25(16-42)17-43-18-26)29(12-33(38)41)20-46-10-3-2-7-35(46)39(48)49/h4-6,8-9,11-13,15,17-18,30-31,35,44H,2-3,7,10,14,19-23H2,1H3,(H,48,49)/t30-,31-,35-/m0/s1. The lowest BCUT2D eigenvalue weighted by Gasteiger charge is -2.33.